The monoisotopic (exact) mass is 426 g/mol. The summed E-state index contributed by atoms with van der Waals surface area (Å²) in [7, 11) is 0. The van der Waals surface area contributed by atoms with E-state index in [1.807, 2.05) is 6.92 Å². The molecule has 0 saturated heterocycles. The zero-order valence-electron chi connectivity index (χ0n) is 16.2. The standard InChI is InChI=1S/C20H24Cl2N2O4/c1-4-8-23-17(25)11-24-12(3)19(20(27)28-5-2)14(10-18(24)26)13-6-7-15(21)16(22)9-13/h6-7,9,14H,4-5,8,10-11H2,1-3H3,(H,23,25). The van der Waals surface area contributed by atoms with E-state index in [2.05, 4.69) is 5.32 Å². The quantitative estimate of drug-likeness (QED) is 0.674. The van der Waals surface area contributed by atoms with Gasteiger partial charge < -0.3 is 15.0 Å². The molecule has 8 heteroatoms. The molecule has 0 fully saturated rings. The number of nitrogens with one attached hydrogen (secondary N) is 1. The molecule has 0 spiro atoms. The minimum Gasteiger partial charge on any atom is -0.463 e. The summed E-state index contributed by atoms with van der Waals surface area (Å²) in [6.07, 6.45) is 0.826. The highest BCUT2D eigenvalue weighted by Crippen LogP contribution is 2.38. The Morgan fingerprint density at radius 3 is 2.57 bits per heavy atom. The number of allylic oxidation sites excluding steroid dienone is 1. The molecule has 0 saturated carbocycles. The van der Waals surface area contributed by atoms with Crippen molar-refractivity contribution in [3.63, 3.8) is 0 Å². The van der Waals surface area contributed by atoms with Gasteiger partial charge in [0.05, 0.1) is 22.2 Å². The Labute approximate surface area is 174 Å². The van der Waals surface area contributed by atoms with Crippen LogP contribution in [-0.2, 0) is 19.1 Å². The summed E-state index contributed by atoms with van der Waals surface area (Å²) in [5, 5.41) is 3.47. The molecule has 2 rings (SSSR count). The molecule has 152 valence electrons. The maximum absolute atomic E-state index is 12.8. The van der Waals surface area contributed by atoms with Crippen molar-refractivity contribution in [2.45, 2.75) is 39.5 Å². The van der Waals surface area contributed by atoms with Crippen LogP contribution in [0.1, 0.15) is 45.1 Å². The van der Waals surface area contributed by atoms with E-state index in [9.17, 15) is 14.4 Å². The predicted molar refractivity (Wildman–Crippen MR) is 108 cm³/mol. The average Bonchev–Trinajstić information content (AvgIpc) is 2.65. The van der Waals surface area contributed by atoms with Gasteiger partial charge in [-0.1, -0.05) is 36.2 Å². The first-order chi connectivity index (χ1) is 13.3. The molecule has 1 aliphatic rings. The Balaban J connectivity index is 2.44. The first-order valence-corrected chi connectivity index (χ1v) is 9.95. The SMILES string of the molecule is CCCNC(=O)CN1C(=O)CC(c2ccc(Cl)c(Cl)c2)C(C(=O)OCC)=C1C. The minimum absolute atomic E-state index is 0.0322. The van der Waals surface area contributed by atoms with Gasteiger partial charge in [-0.15, -0.1) is 0 Å². The van der Waals surface area contributed by atoms with E-state index < -0.39 is 11.9 Å². The van der Waals surface area contributed by atoms with Gasteiger partial charge in [-0.2, -0.15) is 0 Å². The number of esters is 1. The Bertz CT molecular complexity index is 807. The fourth-order valence-corrected chi connectivity index (χ4v) is 3.46. The summed E-state index contributed by atoms with van der Waals surface area (Å²) in [5.74, 6) is -1.54. The molecule has 1 unspecified atom stereocenters. The molecular formula is C20H24Cl2N2O4. The Morgan fingerprint density at radius 2 is 1.96 bits per heavy atom. The molecular weight excluding hydrogens is 403 g/mol. The first kappa shape index (κ1) is 22.2. The van der Waals surface area contributed by atoms with Crippen LogP contribution in [0.3, 0.4) is 0 Å². The highest BCUT2D eigenvalue weighted by atomic mass is 35.5. The van der Waals surface area contributed by atoms with Gasteiger partial charge in [0, 0.05) is 24.6 Å². The van der Waals surface area contributed by atoms with Gasteiger partial charge in [0.2, 0.25) is 11.8 Å². The molecule has 1 aliphatic heterocycles. The smallest absolute Gasteiger partial charge is 0.336 e. The Kier molecular flexibility index (Phi) is 7.89. The van der Waals surface area contributed by atoms with E-state index in [0.29, 0.717) is 33.4 Å². The number of amides is 2. The van der Waals surface area contributed by atoms with Crippen molar-refractivity contribution in [2.24, 2.45) is 0 Å². The highest BCUT2D eigenvalue weighted by molar-refractivity contribution is 6.42. The van der Waals surface area contributed by atoms with Gasteiger partial charge in [0.15, 0.2) is 0 Å². The number of carbonyl (C=O) groups excluding carboxylic acids is 3. The number of hydrogen-bond acceptors (Lipinski definition) is 4. The Morgan fingerprint density at radius 1 is 1.25 bits per heavy atom. The van der Waals surface area contributed by atoms with E-state index in [1.165, 1.54) is 4.90 Å². The lowest BCUT2D eigenvalue weighted by Crippen LogP contribution is -2.44. The number of hydrogen-bond donors (Lipinski definition) is 1. The van der Waals surface area contributed by atoms with Crippen LogP contribution in [0.15, 0.2) is 29.5 Å². The molecule has 28 heavy (non-hydrogen) atoms. The van der Waals surface area contributed by atoms with Crippen LogP contribution in [0.2, 0.25) is 10.0 Å². The molecule has 1 aromatic rings. The molecule has 1 N–H and O–H groups in total. The lowest BCUT2D eigenvalue weighted by Gasteiger charge is -2.34. The van der Waals surface area contributed by atoms with Crippen molar-refractivity contribution < 1.29 is 19.1 Å². The number of rotatable bonds is 7. The topological polar surface area (TPSA) is 75.7 Å². The number of carbonyl (C=O) groups is 3. The van der Waals surface area contributed by atoms with E-state index in [0.717, 1.165) is 6.42 Å². The van der Waals surface area contributed by atoms with E-state index in [-0.39, 0.29) is 31.4 Å². The third kappa shape index (κ3) is 5.06. The second-order valence-corrected chi connectivity index (χ2v) is 7.29. The van der Waals surface area contributed by atoms with Crippen molar-refractivity contribution in [3.05, 3.63) is 45.1 Å². The van der Waals surface area contributed by atoms with Gasteiger partial charge in [-0.05, 0) is 38.0 Å². The summed E-state index contributed by atoms with van der Waals surface area (Å²) < 4.78 is 5.22. The molecule has 6 nitrogen and oxygen atoms in total. The van der Waals surface area contributed by atoms with E-state index in [1.54, 1.807) is 32.0 Å². The molecule has 2 amide bonds. The maximum Gasteiger partial charge on any atom is 0.336 e. The van der Waals surface area contributed by atoms with Crippen molar-refractivity contribution in [3.8, 4) is 0 Å². The van der Waals surface area contributed by atoms with Gasteiger partial charge >= 0.3 is 5.97 Å². The third-order valence-electron chi connectivity index (χ3n) is 4.54. The van der Waals surface area contributed by atoms with Crippen LogP contribution >= 0.6 is 23.2 Å². The Hall–Kier alpha value is -2.05. The highest BCUT2D eigenvalue weighted by Gasteiger charge is 2.37. The second kappa shape index (κ2) is 9.94. The lowest BCUT2D eigenvalue weighted by molar-refractivity contribution is -0.141. The number of halogens is 2. The summed E-state index contributed by atoms with van der Waals surface area (Å²) in [5.41, 5.74) is 1.46. The van der Waals surface area contributed by atoms with Gasteiger partial charge in [0.1, 0.15) is 6.54 Å². The van der Waals surface area contributed by atoms with Crippen LogP contribution in [0.25, 0.3) is 0 Å². The molecule has 1 aromatic carbocycles. The number of benzene rings is 1. The molecule has 0 radical (unpaired) electrons. The first-order valence-electron chi connectivity index (χ1n) is 9.20. The largest absolute Gasteiger partial charge is 0.463 e. The van der Waals surface area contributed by atoms with Crippen LogP contribution in [0, 0.1) is 0 Å². The normalized spacial score (nSPS) is 17.0. The number of ether oxygens (including phenoxy) is 1. The van der Waals surface area contributed by atoms with Crippen molar-refractivity contribution in [1.29, 1.82) is 0 Å². The maximum atomic E-state index is 12.8. The van der Waals surface area contributed by atoms with Crippen molar-refractivity contribution in [1.82, 2.24) is 10.2 Å². The van der Waals surface area contributed by atoms with Crippen molar-refractivity contribution in [2.75, 3.05) is 19.7 Å². The molecule has 1 heterocycles. The molecule has 0 bridgehead atoms. The van der Waals surface area contributed by atoms with Gasteiger partial charge in [-0.25, -0.2) is 4.79 Å². The second-order valence-electron chi connectivity index (χ2n) is 6.48. The molecule has 0 aliphatic carbocycles. The zero-order chi connectivity index (χ0) is 20.8. The summed E-state index contributed by atoms with van der Waals surface area (Å²) in [4.78, 5) is 38.9. The fraction of sp³-hybridized carbons (Fsp3) is 0.450. The summed E-state index contributed by atoms with van der Waals surface area (Å²) >= 11 is 12.1. The van der Waals surface area contributed by atoms with E-state index in [4.69, 9.17) is 27.9 Å². The zero-order valence-corrected chi connectivity index (χ0v) is 17.7. The lowest BCUT2D eigenvalue weighted by atomic mass is 9.83. The van der Waals surface area contributed by atoms with Gasteiger partial charge in [0.25, 0.3) is 0 Å². The van der Waals surface area contributed by atoms with Crippen LogP contribution < -0.4 is 5.32 Å². The third-order valence-corrected chi connectivity index (χ3v) is 5.28. The summed E-state index contributed by atoms with van der Waals surface area (Å²) in [6, 6.07) is 5.02. The predicted octanol–water partition coefficient (Wildman–Crippen LogP) is 3.67. The average molecular weight is 427 g/mol. The van der Waals surface area contributed by atoms with Crippen molar-refractivity contribution >= 4 is 41.0 Å². The fourth-order valence-electron chi connectivity index (χ4n) is 3.15. The van der Waals surface area contributed by atoms with Crippen LogP contribution in [-0.4, -0.2) is 42.4 Å². The molecule has 0 aromatic heterocycles. The van der Waals surface area contributed by atoms with Crippen LogP contribution in [0.4, 0.5) is 0 Å². The van der Waals surface area contributed by atoms with Crippen LogP contribution in [0.5, 0.6) is 0 Å². The van der Waals surface area contributed by atoms with E-state index >= 15 is 0 Å². The number of nitrogens with zero attached hydrogens (tertiary/aromatic N) is 1. The molecule has 1 atom stereocenters. The van der Waals surface area contributed by atoms with Gasteiger partial charge in [-0.3, -0.25) is 9.59 Å². The minimum atomic E-state index is -0.517. The summed E-state index contributed by atoms with van der Waals surface area (Å²) in [6.45, 7) is 5.90.